The van der Waals surface area contributed by atoms with Gasteiger partial charge in [0.1, 0.15) is 0 Å². The van der Waals surface area contributed by atoms with Gasteiger partial charge >= 0.3 is 0 Å². The van der Waals surface area contributed by atoms with Crippen molar-refractivity contribution in [2.45, 2.75) is 32.7 Å². The van der Waals surface area contributed by atoms with Crippen molar-refractivity contribution < 1.29 is 4.79 Å². The highest BCUT2D eigenvalue weighted by atomic mass is 16.1. The Balaban J connectivity index is 2.46. The fraction of sp³-hybridized carbons (Fsp3) is 0.727. The Bertz CT molecular complexity index is 224. The molecule has 0 N–H and O–H groups in total. The lowest BCUT2D eigenvalue weighted by molar-refractivity contribution is -0.103. The zero-order chi connectivity index (χ0) is 9.68. The predicted molar refractivity (Wildman–Crippen MR) is 53.3 cm³/mol. The monoisotopic (exact) mass is 179 g/mol. The summed E-state index contributed by atoms with van der Waals surface area (Å²) in [6.45, 7) is 6.61. The minimum Gasteiger partial charge on any atom is -0.300 e. The van der Waals surface area contributed by atoms with Gasteiger partial charge in [0.05, 0.1) is 0 Å². The molecule has 1 aliphatic heterocycles. The molecule has 0 bridgehead atoms. The Morgan fingerprint density at radius 1 is 1.54 bits per heavy atom. The van der Waals surface area contributed by atoms with Gasteiger partial charge in [-0.1, -0.05) is 5.92 Å². The van der Waals surface area contributed by atoms with E-state index in [0.29, 0.717) is 18.2 Å². The van der Waals surface area contributed by atoms with E-state index in [1.54, 1.807) is 0 Å². The molecule has 1 unspecified atom stereocenters. The van der Waals surface area contributed by atoms with E-state index in [-0.39, 0.29) is 0 Å². The molecule has 1 rings (SSSR count). The maximum atomic E-state index is 10.1. The molecule has 1 heterocycles. The highest BCUT2D eigenvalue weighted by Gasteiger charge is 2.19. The van der Waals surface area contributed by atoms with Gasteiger partial charge in [-0.05, 0) is 39.2 Å². The van der Waals surface area contributed by atoms with E-state index in [9.17, 15) is 4.79 Å². The van der Waals surface area contributed by atoms with Gasteiger partial charge in [-0.2, -0.15) is 0 Å². The molecule has 1 fully saturated rings. The molecule has 0 radical (unpaired) electrons. The maximum Gasteiger partial charge on any atom is 0.192 e. The summed E-state index contributed by atoms with van der Waals surface area (Å²) in [6.07, 6.45) is 3.04. The number of hydrogen-bond donors (Lipinski definition) is 0. The lowest BCUT2D eigenvalue weighted by Crippen LogP contribution is -2.39. The Hall–Kier alpha value is -0.810. The average molecular weight is 179 g/mol. The average Bonchev–Trinajstić information content (AvgIpc) is 2.15. The number of likely N-dealkylation sites (tertiary alicyclic amines) is 1. The van der Waals surface area contributed by atoms with Crippen LogP contribution in [0.1, 0.15) is 26.7 Å². The summed E-state index contributed by atoms with van der Waals surface area (Å²) in [5.41, 5.74) is 0. The van der Waals surface area contributed by atoms with Crippen LogP contribution in [-0.2, 0) is 4.79 Å². The van der Waals surface area contributed by atoms with Gasteiger partial charge in [0, 0.05) is 18.5 Å². The molecule has 0 amide bonds. The van der Waals surface area contributed by atoms with Crippen molar-refractivity contribution in [2.75, 3.05) is 13.1 Å². The summed E-state index contributed by atoms with van der Waals surface area (Å²) in [7, 11) is 0. The standard InChI is InChI=1S/C11H17NO/c1-10(2)12-7-3-5-11(9-12)6-4-8-13/h8,10-11H,3,5,7,9H2,1-2H3. The quantitative estimate of drug-likeness (QED) is 0.447. The van der Waals surface area contributed by atoms with Gasteiger partial charge in [0.15, 0.2) is 6.29 Å². The van der Waals surface area contributed by atoms with E-state index in [2.05, 4.69) is 30.6 Å². The smallest absolute Gasteiger partial charge is 0.192 e. The maximum absolute atomic E-state index is 10.1. The van der Waals surface area contributed by atoms with Crippen molar-refractivity contribution in [3.8, 4) is 11.8 Å². The topological polar surface area (TPSA) is 20.3 Å². The second-order valence-electron chi connectivity index (χ2n) is 3.83. The van der Waals surface area contributed by atoms with Crippen molar-refractivity contribution in [1.82, 2.24) is 4.90 Å². The van der Waals surface area contributed by atoms with E-state index < -0.39 is 0 Å². The Morgan fingerprint density at radius 3 is 2.92 bits per heavy atom. The van der Waals surface area contributed by atoms with Gasteiger partial charge < -0.3 is 0 Å². The van der Waals surface area contributed by atoms with Crippen molar-refractivity contribution in [3.63, 3.8) is 0 Å². The molecule has 72 valence electrons. The van der Waals surface area contributed by atoms with Gasteiger partial charge in [-0.3, -0.25) is 9.69 Å². The van der Waals surface area contributed by atoms with E-state index in [4.69, 9.17) is 0 Å². The van der Waals surface area contributed by atoms with Crippen LogP contribution in [0.25, 0.3) is 0 Å². The molecular formula is C11H17NO. The van der Waals surface area contributed by atoms with Crippen LogP contribution >= 0.6 is 0 Å². The van der Waals surface area contributed by atoms with Crippen LogP contribution in [0, 0.1) is 17.8 Å². The van der Waals surface area contributed by atoms with E-state index in [1.165, 1.54) is 13.0 Å². The molecule has 0 aromatic heterocycles. The number of hydrogen-bond acceptors (Lipinski definition) is 2. The second-order valence-corrected chi connectivity index (χ2v) is 3.83. The SMILES string of the molecule is CC(C)N1CCCC(C#CC=O)C1. The van der Waals surface area contributed by atoms with Crippen LogP contribution in [0.3, 0.4) is 0 Å². The molecule has 1 saturated heterocycles. The first kappa shape index (κ1) is 10.3. The molecule has 0 saturated carbocycles. The van der Waals surface area contributed by atoms with Crippen LogP contribution in [-0.4, -0.2) is 30.3 Å². The fourth-order valence-electron chi connectivity index (χ4n) is 1.75. The van der Waals surface area contributed by atoms with Crippen molar-refractivity contribution >= 4 is 6.29 Å². The molecule has 0 aliphatic carbocycles. The minimum absolute atomic E-state index is 0.404. The minimum atomic E-state index is 0.404. The molecule has 1 aliphatic rings. The summed E-state index contributed by atoms with van der Waals surface area (Å²) in [5.74, 6) is 5.92. The van der Waals surface area contributed by atoms with Crippen LogP contribution in [0.4, 0.5) is 0 Å². The number of rotatable bonds is 1. The van der Waals surface area contributed by atoms with E-state index >= 15 is 0 Å². The number of carbonyl (C=O) groups is 1. The van der Waals surface area contributed by atoms with Gasteiger partial charge in [-0.25, -0.2) is 0 Å². The summed E-state index contributed by atoms with van der Waals surface area (Å²) in [5, 5.41) is 0. The first-order chi connectivity index (χ1) is 6.24. The lowest BCUT2D eigenvalue weighted by Gasteiger charge is -2.33. The van der Waals surface area contributed by atoms with Crippen LogP contribution < -0.4 is 0 Å². The molecular weight excluding hydrogens is 162 g/mol. The Kier molecular flexibility index (Phi) is 3.98. The predicted octanol–water partition coefficient (Wildman–Crippen LogP) is 1.31. The summed E-state index contributed by atoms with van der Waals surface area (Å²) in [6, 6.07) is 0.598. The lowest BCUT2D eigenvalue weighted by atomic mass is 9.98. The van der Waals surface area contributed by atoms with Crippen molar-refractivity contribution in [3.05, 3.63) is 0 Å². The number of carbonyl (C=O) groups excluding carboxylic acids is 1. The second kappa shape index (κ2) is 5.04. The first-order valence-electron chi connectivity index (χ1n) is 4.92. The summed E-state index contributed by atoms with van der Waals surface area (Å²) in [4.78, 5) is 12.5. The normalized spacial score (nSPS) is 23.8. The van der Waals surface area contributed by atoms with Crippen LogP contribution in [0.15, 0.2) is 0 Å². The number of nitrogens with zero attached hydrogens (tertiary/aromatic N) is 1. The molecule has 0 spiro atoms. The fourth-order valence-corrected chi connectivity index (χ4v) is 1.75. The highest BCUT2D eigenvalue weighted by molar-refractivity contribution is 5.72. The van der Waals surface area contributed by atoms with Gasteiger partial charge in [-0.15, -0.1) is 0 Å². The summed E-state index contributed by atoms with van der Waals surface area (Å²) >= 11 is 0. The van der Waals surface area contributed by atoms with Gasteiger partial charge in [0.2, 0.25) is 0 Å². The van der Waals surface area contributed by atoms with E-state index in [0.717, 1.165) is 13.0 Å². The third-order valence-electron chi connectivity index (χ3n) is 2.53. The molecule has 2 heteroatoms. The Labute approximate surface area is 80.3 Å². The van der Waals surface area contributed by atoms with Crippen LogP contribution in [0.5, 0.6) is 0 Å². The molecule has 13 heavy (non-hydrogen) atoms. The first-order valence-corrected chi connectivity index (χ1v) is 4.92. The molecule has 1 atom stereocenters. The third kappa shape index (κ3) is 3.20. The molecule has 0 aromatic carbocycles. The number of piperidine rings is 1. The zero-order valence-corrected chi connectivity index (χ0v) is 8.42. The largest absolute Gasteiger partial charge is 0.300 e. The molecule has 0 aromatic rings. The number of aldehydes is 1. The van der Waals surface area contributed by atoms with Crippen LogP contribution in [0.2, 0.25) is 0 Å². The van der Waals surface area contributed by atoms with Crippen molar-refractivity contribution in [1.29, 1.82) is 0 Å². The van der Waals surface area contributed by atoms with Gasteiger partial charge in [0.25, 0.3) is 0 Å². The third-order valence-corrected chi connectivity index (χ3v) is 2.53. The van der Waals surface area contributed by atoms with Crippen molar-refractivity contribution in [2.24, 2.45) is 5.92 Å². The Morgan fingerprint density at radius 2 is 2.31 bits per heavy atom. The highest BCUT2D eigenvalue weighted by Crippen LogP contribution is 2.17. The molecule has 2 nitrogen and oxygen atoms in total. The van der Waals surface area contributed by atoms with E-state index in [1.807, 2.05) is 0 Å². The summed E-state index contributed by atoms with van der Waals surface area (Å²) < 4.78 is 0. The zero-order valence-electron chi connectivity index (χ0n) is 8.42.